The summed E-state index contributed by atoms with van der Waals surface area (Å²) < 4.78 is 4.10. The number of carbonyl (C=O) groups excluding carboxylic acids is 1. The Bertz CT molecular complexity index is 988. The van der Waals surface area contributed by atoms with E-state index >= 15 is 0 Å². The van der Waals surface area contributed by atoms with Gasteiger partial charge in [-0.15, -0.1) is 18.3 Å². The van der Waals surface area contributed by atoms with E-state index in [1.54, 1.807) is 11.8 Å². The molecule has 0 bridgehead atoms. The fraction of sp³-hybridized carbons (Fsp3) is 0.111. The van der Waals surface area contributed by atoms with Crippen molar-refractivity contribution in [2.24, 2.45) is 4.99 Å². The largest absolute Gasteiger partial charge is 0.312 e. The summed E-state index contributed by atoms with van der Waals surface area (Å²) >= 11 is 6.54. The molecule has 0 aliphatic rings. The van der Waals surface area contributed by atoms with Gasteiger partial charge in [-0.25, -0.2) is 0 Å². The predicted molar refractivity (Wildman–Crippen MR) is 106 cm³/mol. The van der Waals surface area contributed by atoms with Crippen molar-refractivity contribution in [2.75, 3.05) is 6.26 Å². The number of aromatic nitrogens is 1. The summed E-state index contributed by atoms with van der Waals surface area (Å²) in [5.74, 6) is -0.219. The summed E-state index contributed by atoms with van der Waals surface area (Å²) in [5.41, 5.74) is 1.68. The van der Waals surface area contributed by atoms with Gasteiger partial charge >= 0.3 is 0 Å². The Balaban J connectivity index is 2.17. The molecule has 0 radical (unpaired) electrons. The number of hydrogen-bond donors (Lipinski definition) is 0. The predicted octanol–water partition coefficient (Wildman–Crippen LogP) is 5.11. The van der Waals surface area contributed by atoms with Crippen molar-refractivity contribution in [3.05, 3.63) is 70.0 Å². The lowest BCUT2D eigenvalue weighted by atomic mass is 10.2. The minimum absolute atomic E-state index is 0.219. The van der Waals surface area contributed by atoms with Gasteiger partial charge in [0.2, 0.25) is 0 Å². The van der Waals surface area contributed by atoms with Gasteiger partial charge < -0.3 is 4.57 Å². The Morgan fingerprint density at radius 1 is 1.38 bits per heavy atom. The third-order valence-electron chi connectivity index (χ3n) is 3.49. The fourth-order valence-corrected chi connectivity index (χ4v) is 4.59. The number of benzene rings is 2. The van der Waals surface area contributed by atoms with Gasteiger partial charge in [-0.2, -0.15) is 4.99 Å². The number of carbonyl (C=O) groups is 1. The van der Waals surface area contributed by atoms with Crippen molar-refractivity contribution in [3.63, 3.8) is 0 Å². The zero-order chi connectivity index (χ0) is 17.1. The number of fused-ring (bicyclic) bond motifs is 1. The molecule has 24 heavy (non-hydrogen) atoms. The highest BCUT2D eigenvalue weighted by molar-refractivity contribution is 9.10. The maximum atomic E-state index is 12.7. The number of hydrogen-bond acceptors (Lipinski definition) is 3. The Labute approximate surface area is 156 Å². The van der Waals surface area contributed by atoms with E-state index < -0.39 is 0 Å². The Morgan fingerprint density at radius 2 is 2.17 bits per heavy atom. The topological polar surface area (TPSA) is 34.4 Å². The highest BCUT2D eigenvalue weighted by Gasteiger charge is 2.11. The fourth-order valence-electron chi connectivity index (χ4n) is 2.41. The van der Waals surface area contributed by atoms with E-state index in [9.17, 15) is 4.79 Å². The number of thiazole rings is 1. The first-order valence-electron chi connectivity index (χ1n) is 7.26. The van der Waals surface area contributed by atoms with Crippen LogP contribution in [0.2, 0.25) is 0 Å². The standard InChI is InChI=1S/C18H15BrN2OS2/c1-3-10-21-14-9-8-12(19)11-16(14)24-18(21)20-17(22)13-6-4-5-7-15(13)23-2/h3-9,11H,1,10H2,2H3. The van der Waals surface area contributed by atoms with Crippen molar-refractivity contribution in [1.29, 1.82) is 0 Å². The van der Waals surface area contributed by atoms with Crippen molar-refractivity contribution in [3.8, 4) is 0 Å². The maximum absolute atomic E-state index is 12.7. The molecule has 3 rings (SSSR count). The first kappa shape index (κ1) is 17.2. The van der Waals surface area contributed by atoms with Crippen LogP contribution in [0.4, 0.5) is 0 Å². The van der Waals surface area contributed by atoms with Gasteiger partial charge in [0, 0.05) is 15.9 Å². The molecule has 0 saturated heterocycles. The lowest BCUT2D eigenvalue weighted by Crippen LogP contribution is -2.16. The average molecular weight is 419 g/mol. The highest BCUT2D eigenvalue weighted by atomic mass is 79.9. The number of amides is 1. The highest BCUT2D eigenvalue weighted by Crippen LogP contribution is 2.23. The maximum Gasteiger partial charge on any atom is 0.280 e. The van der Waals surface area contributed by atoms with Crippen molar-refractivity contribution in [1.82, 2.24) is 4.57 Å². The Kier molecular flexibility index (Phi) is 5.38. The van der Waals surface area contributed by atoms with Gasteiger partial charge in [-0.1, -0.05) is 45.5 Å². The van der Waals surface area contributed by atoms with Gasteiger partial charge in [0.1, 0.15) is 0 Å². The second-order valence-electron chi connectivity index (χ2n) is 5.01. The SMILES string of the molecule is C=CCn1c(=NC(=O)c2ccccc2SC)sc2cc(Br)ccc21. The van der Waals surface area contributed by atoms with Crippen LogP contribution < -0.4 is 4.80 Å². The molecule has 3 nitrogen and oxygen atoms in total. The third kappa shape index (κ3) is 3.41. The summed E-state index contributed by atoms with van der Waals surface area (Å²) in [6.07, 6.45) is 3.77. The second kappa shape index (κ2) is 7.51. The number of nitrogens with zero attached hydrogens (tertiary/aromatic N) is 2. The van der Waals surface area contributed by atoms with Gasteiger partial charge in [0.25, 0.3) is 5.91 Å². The smallest absolute Gasteiger partial charge is 0.280 e. The van der Waals surface area contributed by atoms with E-state index in [1.807, 2.05) is 59.4 Å². The summed E-state index contributed by atoms with van der Waals surface area (Å²) in [7, 11) is 0. The molecule has 2 aromatic carbocycles. The molecule has 0 spiro atoms. The van der Waals surface area contributed by atoms with Crippen molar-refractivity contribution < 1.29 is 4.79 Å². The lowest BCUT2D eigenvalue weighted by molar-refractivity contribution is 0.0995. The molecule has 0 fully saturated rings. The molecule has 3 aromatic rings. The minimum Gasteiger partial charge on any atom is -0.312 e. The first-order valence-corrected chi connectivity index (χ1v) is 10.1. The van der Waals surface area contributed by atoms with Gasteiger partial charge in [-0.3, -0.25) is 4.79 Å². The molecule has 1 heterocycles. The Hall–Kier alpha value is -1.63. The number of rotatable bonds is 4. The molecule has 0 aliphatic heterocycles. The molecule has 1 amide bonds. The van der Waals surface area contributed by atoms with Crippen molar-refractivity contribution >= 4 is 55.2 Å². The normalized spacial score (nSPS) is 11.8. The monoisotopic (exact) mass is 418 g/mol. The van der Waals surface area contributed by atoms with Crippen LogP contribution in [0, 0.1) is 0 Å². The number of halogens is 1. The van der Waals surface area contributed by atoms with E-state index in [4.69, 9.17) is 0 Å². The Morgan fingerprint density at radius 3 is 2.92 bits per heavy atom. The van der Waals surface area contributed by atoms with Crippen LogP contribution in [0.15, 0.2) is 69.5 Å². The molecular formula is C18H15BrN2OS2. The van der Waals surface area contributed by atoms with Crippen LogP contribution in [0.5, 0.6) is 0 Å². The zero-order valence-electron chi connectivity index (χ0n) is 13.0. The van der Waals surface area contributed by atoms with E-state index in [0.717, 1.165) is 19.6 Å². The van der Waals surface area contributed by atoms with Crippen LogP contribution >= 0.6 is 39.0 Å². The molecule has 6 heteroatoms. The van der Waals surface area contributed by atoms with Crippen LogP contribution in [0.1, 0.15) is 10.4 Å². The zero-order valence-corrected chi connectivity index (χ0v) is 16.2. The van der Waals surface area contributed by atoms with Crippen molar-refractivity contribution in [2.45, 2.75) is 11.4 Å². The number of allylic oxidation sites excluding steroid dienone is 1. The molecule has 0 saturated carbocycles. The summed E-state index contributed by atoms with van der Waals surface area (Å²) in [6.45, 7) is 4.42. The van der Waals surface area contributed by atoms with Crippen LogP contribution in [-0.2, 0) is 6.54 Å². The third-order valence-corrected chi connectivity index (χ3v) is 5.82. The first-order chi connectivity index (χ1) is 11.6. The van der Waals surface area contributed by atoms with E-state index in [2.05, 4.69) is 27.5 Å². The summed E-state index contributed by atoms with van der Waals surface area (Å²) in [6, 6.07) is 13.6. The summed E-state index contributed by atoms with van der Waals surface area (Å²) in [4.78, 5) is 18.7. The van der Waals surface area contributed by atoms with E-state index in [0.29, 0.717) is 16.9 Å². The molecule has 0 unspecified atom stereocenters. The quantitative estimate of drug-likeness (QED) is 0.435. The molecule has 0 N–H and O–H groups in total. The average Bonchev–Trinajstić information content (AvgIpc) is 2.91. The van der Waals surface area contributed by atoms with Gasteiger partial charge in [-0.05, 0) is 36.6 Å². The minimum atomic E-state index is -0.219. The molecule has 122 valence electrons. The molecular weight excluding hydrogens is 404 g/mol. The molecule has 1 aromatic heterocycles. The second-order valence-corrected chi connectivity index (χ2v) is 7.79. The number of thioether (sulfide) groups is 1. The van der Waals surface area contributed by atoms with E-state index in [-0.39, 0.29) is 5.91 Å². The van der Waals surface area contributed by atoms with Crippen LogP contribution in [0.3, 0.4) is 0 Å². The molecule has 0 atom stereocenters. The van der Waals surface area contributed by atoms with E-state index in [1.165, 1.54) is 11.3 Å². The summed E-state index contributed by atoms with van der Waals surface area (Å²) in [5, 5.41) is 0. The van der Waals surface area contributed by atoms with Gasteiger partial charge in [0.15, 0.2) is 4.80 Å². The van der Waals surface area contributed by atoms with Crippen LogP contribution in [0.25, 0.3) is 10.2 Å². The van der Waals surface area contributed by atoms with Crippen LogP contribution in [-0.4, -0.2) is 16.7 Å². The lowest BCUT2D eigenvalue weighted by Gasteiger charge is -2.03. The van der Waals surface area contributed by atoms with Gasteiger partial charge in [0.05, 0.1) is 15.8 Å². The molecule has 0 aliphatic carbocycles.